The highest BCUT2D eigenvalue weighted by molar-refractivity contribution is 6.43. The van der Waals surface area contributed by atoms with E-state index < -0.39 is 5.91 Å². The third-order valence-electron chi connectivity index (χ3n) is 2.81. The Morgan fingerprint density at radius 3 is 2.21 bits per heavy atom. The van der Waals surface area contributed by atoms with Gasteiger partial charge in [0.2, 0.25) is 0 Å². The highest BCUT2D eigenvalue weighted by Gasteiger charge is 2.35. The van der Waals surface area contributed by atoms with E-state index in [-0.39, 0.29) is 21.3 Å². The Balaban J connectivity index is 2.62. The van der Waals surface area contributed by atoms with Crippen LogP contribution in [0.4, 0.5) is 5.69 Å². The number of benzene rings is 1. The zero-order valence-corrected chi connectivity index (χ0v) is 12.1. The molecule has 6 heteroatoms. The summed E-state index contributed by atoms with van der Waals surface area (Å²) in [6, 6.07) is 4.81. The summed E-state index contributed by atoms with van der Waals surface area (Å²) in [5.74, 6) is -0.490. The number of hydrogen-bond acceptors (Lipinski definition) is 2. The molecule has 0 fully saturated rings. The number of allylic oxidation sites excluding steroid dienone is 1. The topological polar surface area (TPSA) is 44.1 Å². The largest absolute Gasteiger partial charge is 0.274 e. The van der Waals surface area contributed by atoms with Crippen molar-refractivity contribution in [3.8, 4) is 6.07 Å². The maximum Gasteiger partial charge on any atom is 0.273 e. The number of hydrogen-bond donors (Lipinski definition) is 0. The van der Waals surface area contributed by atoms with Crippen LogP contribution in [0, 0.1) is 11.3 Å². The molecule has 0 spiro atoms. The van der Waals surface area contributed by atoms with Crippen LogP contribution in [0.5, 0.6) is 0 Å². The molecule has 3 nitrogen and oxygen atoms in total. The van der Waals surface area contributed by atoms with E-state index in [9.17, 15) is 4.79 Å². The Morgan fingerprint density at radius 2 is 1.79 bits per heavy atom. The molecular weight excluding hydrogens is 307 g/mol. The minimum Gasteiger partial charge on any atom is -0.274 e. The molecule has 1 heterocycles. The second-order valence-electron chi connectivity index (χ2n) is 3.92. The maximum atomic E-state index is 12.2. The molecular formula is C13H7Cl3N2O. The van der Waals surface area contributed by atoms with Gasteiger partial charge in [-0.15, -0.1) is 0 Å². The van der Waals surface area contributed by atoms with Crippen LogP contribution in [0.25, 0.3) is 0 Å². The average molecular weight is 314 g/mol. The van der Waals surface area contributed by atoms with Gasteiger partial charge in [-0.1, -0.05) is 41.4 Å². The van der Waals surface area contributed by atoms with Crippen molar-refractivity contribution in [3.63, 3.8) is 0 Å². The third kappa shape index (κ3) is 2.12. The first-order valence-corrected chi connectivity index (χ1v) is 6.31. The summed E-state index contributed by atoms with van der Waals surface area (Å²) in [6.07, 6.45) is 0. The number of carbonyl (C=O) groups is 1. The van der Waals surface area contributed by atoms with Crippen molar-refractivity contribution < 1.29 is 4.79 Å². The monoisotopic (exact) mass is 312 g/mol. The molecule has 1 aromatic rings. The minimum absolute atomic E-state index is 0.0343. The van der Waals surface area contributed by atoms with Gasteiger partial charge in [-0.2, -0.15) is 5.26 Å². The van der Waals surface area contributed by atoms with Crippen LogP contribution >= 0.6 is 34.8 Å². The quantitative estimate of drug-likeness (QED) is 0.773. The SMILES string of the molecule is C=C1C(C)=C(C#N)C(=O)N1c1c(Cl)cc(Cl)cc1Cl. The molecule has 0 atom stereocenters. The fourth-order valence-corrected chi connectivity index (χ4v) is 2.81. The lowest BCUT2D eigenvalue weighted by Gasteiger charge is -2.21. The van der Waals surface area contributed by atoms with Gasteiger partial charge in [-0.25, -0.2) is 0 Å². The Labute approximate surface area is 125 Å². The van der Waals surface area contributed by atoms with Gasteiger partial charge in [-0.05, 0) is 24.6 Å². The van der Waals surface area contributed by atoms with E-state index in [1.54, 1.807) is 6.92 Å². The van der Waals surface area contributed by atoms with E-state index in [1.807, 2.05) is 6.07 Å². The van der Waals surface area contributed by atoms with Crippen LogP contribution in [-0.4, -0.2) is 5.91 Å². The van der Waals surface area contributed by atoms with Crippen LogP contribution in [0.3, 0.4) is 0 Å². The number of halogens is 3. The first kappa shape index (κ1) is 14.0. The summed E-state index contributed by atoms with van der Waals surface area (Å²) in [6.45, 7) is 5.44. The minimum atomic E-state index is -0.490. The van der Waals surface area contributed by atoms with E-state index >= 15 is 0 Å². The van der Waals surface area contributed by atoms with Crippen molar-refractivity contribution in [2.45, 2.75) is 6.92 Å². The molecule has 1 amide bonds. The van der Waals surface area contributed by atoms with Gasteiger partial charge >= 0.3 is 0 Å². The van der Waals surface area contributed by atoms with Gasteiger partial charge in [0, 0.05) is 10.7 Å². The van der Waals surface area contributed by atoms with Crippen molar-refractivity contribution in [2.75, 3.05) is 4.90 Å². The first-order valence-electron chi connectivity index (χ1n) is 5.17. The molecule has 19 heavy (non-hydrogen) atoms. The molecule has 1 aliphatic heterocycles. The van der Waals surface area contributed by atoms with Crippen molar-refractivity contribution in [3.05, 3.63) is 50.6 Å². The Morgan fingerprint density at radius 1 is 1.26 bits per heavy atom. The van der Waals surface area contributed by atoms with Crippen molar-refractivity contribution in [2.24, 2.45) is 0 Å². The number of anilines is 1. The fraction of sp³-hybridized carbons (Fsp3) is 0.0769. The molecule has 96 valence electrons. The lowest BCUT2D eigenvalue weighted by Crippen LogP contribution is -2.25. The third-order valence-corrected chi connectivity index (χ3v) is 3.61. The Kier molecular flexibility index (Phi) is 3.60. The van der Waals surface area contributed by atoms with Crippen LogP contribution in [-0.2, 0) is 4.79 Å². The molecule has 0 unspecified atom stereocenters. The summed E-state index contributed by atoms with van der Waals surface area (Å²) in [7, 11) is 0. The fourth-order valence-electron chi connectivity index (χ4n) is 1.82. The van der Waals surface area contributed by atoms with E-state index in [0.717, 1.165) is 0 Å². The summed E-state index contributed by atoms with van der Waals surface area (Å²) in [4.78, 5) is 13.4. The van der Waals surface area contributed by atoms with Gasteiger partial charge in [0.05, 0.1) is 15.7 Å². The van der Waals surface area contributed by atoms with Gasteiger partial charge < -0.3 is 0 Å². The number of rotatable bonds is 1. The molecule has 0 bridgehead atoms. The van der Waals surface area contributed by atoms with Crippen LogP contribution < -0.4 is 4.90 Å². The van der Waals surface area contributed by atoms with Gasteiger partial charge in [-0.3, -0.25) is 9.69 Å². The second-order valence-corrected chi connectivity index (χ2v) is 5.17. The standard InChI is InChI=1S/C13H7Cl3N2O/c1-6-7(2)18(13(19)9(6)5-17)12-10(15)3-8(14)4-11(12)16/h3-4H,2H2,1H3. The van der Waals surface area contributed by atoms with Crippen LogP contribution in [0.1, 0.15) is 6.92 Å². The lowest BCUT2D eigenvalue weighted by atomic mass is 10.2. The molecule has 2 rings (SSSR count). The highest BCUT2D eigenvalue weighted by Crippen LogP contribution is 2.42. The van der Waals surface area contributed by atoms with Crippen molar-refractivity contribution in [1.29, 1.82) is 5.26 Å². The molecule has 0 aliphatic carbocycles. The second kappa shape index (κ2) is 4.90. The zero-order valence-electron chi connectivity index (χ0n) is 9.80. The molecule has 0 radical (unpaired) electrons. The van der Waals surface area contributed by atoms with Gasteiger partial charge in [0.15, 0.2) is 0 Å². The Hall–Kier alpha value is -1.47. The Bertz CT molecular complexity index is 663. The van der Waals surface area contributed by atoms with E-state index in [4.69, 9.17) is 40.1 Å². The zero-order chi connectivity index (χ0) is 14.3. The summed E-state index contributed by atoms with van der Waals surface area (Å²) >= 11 is 18.0. The summed E-state index contributed by atoms with van der Waals surface area (Å²) < 4.78 is 0. The van der Waals surface area contributed by atoms with Gasteiger partial charge in [0.25, 0.3) is 5.91 Å². The molecule has 1 aromatic carbocycles. The lowest BCUT2D eigenvalue weighted by molar-refractivity contribution is -0.113. The summed E-state index contributed by atoms with van der Waals surface area (Å²) in [5, 5.41) is 9.79. The van der Waals surface area contributed by atoms with Crippen LogP contribution in [0.15, 0.2) is 35.6 Å². The molecule has 0 aromatic heterocycles. The maximum absolute atomic E-state index is 12.2. The number of nitrogens with zero attached hydrogens (tertiary/aromatic N) is 2. The molecule has 0 saturated heterocycles. The molecule has 1 aliphatic rings. The van der Waals surface area contributed by atoms with Gasteiger partial charge in [0.1, 0.15) is 11.6 Å². The van der Waals surface area contributed by atoms with E-state index in [1.165, 1.54) is 17.0 Å². The number of carbonyl (C=O) groups excluding carboxylic acids is 1. The smallest absolute Gasteiger partial charge is 0.273 e. The predicted octanol–water partition coefficient (Wildman–Crippen LogP) is 4.35. The van der Waals surface area contributed by atoms with Crippen molar-refractivity contribution >= 4 is 46.4 Å². The first-order chi connectivity index (χ1) is 8.88. The van der Waals surface area contributed by atoms with Crippen LogP contribution in [0.2, 0.25) is 15.1 Å². The molecule has 0 N–H and O–H groups in total. The number of nitriles is 1. The predicted molar refractivity (Wildman–Crippen MR) is 76.4 cm³/mol. The number of amides is 1. The van der Waals surface area contributed by atoms with E-state index in [0.29, 0.717) is 16.3 Å². The average Bonchev–Trinajstić information content (AvgIpc) is 2.52. The normalized spacial score (nSPS) is 15.2. The van der Waals surface area contributed by atoms with Crippen molar-refractivity contribution in [1.82, 2.24) is 0 Å². The molecule has 0 saturated carbocycles. The summed E-state index contributed by atoms with van der Waals surface area (Å²) in [5.41, 5.74) is 1.21. The van der Waals surface area contributed by atoms with E-state index in [2.05, 4.69) is 6.58 Å². The highest BCUT2D eigenvalue weighted by atomic mass is 35.5.